The molecule has 214 valence electrons. The Balaban J connectivity index is 1.29. The molecule has 4 rings (SSSR count). The minimum Gasteiger partial charge on any atom is -0.480 e. The molecule has 0 radical (unpaired) electrons. The molecule has 0 saturated heterocycles. The molecule has 1 aliphatic rings. The molecular weight excluding hydrogens is 509 g/mol. The number of rotatable bonds is 16. The van der Waals surface area contributed by atoms with Crippen LogP contribution >= 0.6 is 0 Å². The van der Waals surface area contributed by atoms with E-state index < -0.39 is 18.2 Å². The molecule has 0 fully saturated rings. The van der Waals surface area contributed by atoms with Crippen molar-refractivity contribution in [2.75, 3.05) is 50.5 Å². The molecular formula is C31H40FN5O3. The molecule has 1 aliphatic heterocycles. The fourth-order valence-electron chi connectivity index (χ4n) is 4.99. The average molecular weight is 550 g/mol. The van der Waals surface area contributed by atoms with Crippen LogP contribution < -0.4 is 10.6 Å². The molecule has 2 unspecified atom stereocenters. The van der Waals surface area contributed by atoms with Crippen LogP contribution in [0, 0.1) is 0 Å². The number of hydrogen-bond donors (Lipinski definition) is 3. The Bertz CT molecular complexity index is 1200. The number of alkyl halides is 1. The van der Waals surface area contributed by atoms with Crippen LogP contribution in [0.25, 0.3) is 11.1 Å². The maximum atomic E-state index is 14.5. The van der Waals surface area contributed by atoms with Gasteiger partial charge in [-0.05, 0) is 74.4 Å². The molecule has 2 atom stereocenters. The molecule has 0 aliphatic carbocycles. The first kappa shape index (κ1) is 29.4. The Labute approximate surface area is 236 Å². The summed E-state index contributed by atoms with van der Waals surface area (Å²) in [6.07, 6.45) is 5.74. The molecule has 9 heteroatoms. The van der Waals surface area contributed by atoms with E-state index in [2.05, 4.69) is 27.8 Å². The van der Waals surface area contributed by atoms with Crippen LogP contribution in [-0.2, 0) is 22.4 Å². The van der Waals surface area contributed by atoms with Gasteiger partial charge >= 0.3 is 5.97 Å². The maximum Gasteiger partial charge on any atom is 0.326 e. The zero-order chi connectivity index (χ0) is 28.2. The van der Waals surface area contributed by atoms with E-state index in [1.807, 2.05) is 41.3 Å². The van der Waals surface area contributed by atoms with Gasteiger partial charge in [0.2, 0.25) is 0 Å². The number of anilines is 2. The zero-order valence-corrected chi connectivity index (χ0v) is 23.2. The number of ether oxygens (including phenoxy) is 1. The molecule has 3 heterocycles. The summed E-state index contributed by atoms with van der Waals surface area (Å²) >= 11 is 0. The first-order valence-electron chi connectivity index (χ1n) is 14.1. The van der Waals surface area contributed by atoms with Crippen molar-refractivity contribution in [3.63, 3.8) is 0 Å². The highest BCUT2D eigenvalue weighted by atomic mass is 19.1. The summed E-state index contributed by atoms with van der Waals surface area (Å²) < 4.78 is 19.5. The van der Waals surface area contributed by atoms with E-state index in [-0.39, 0.29) is 13.2 Å². The first-order valence-corrected chi connectivity index (χ1v) is 14.1. The second-order valence-corrected chi connectivity index (χ2v) is 10.3. The van der Waals surface area contributed by atoms with Gasteiger partial charge in [0.1, 0.15) is 23.8 Å². The highest BCUT2D eigenvalue weighted by molar-refractivity contribution is 5.77. The van der Waals surface area contributed by atoms with Crippen molar-refractivity contribution in [2.24, 2.45) is 0 Å². The van der Waals surface area contributed by atoms with Crippen LogP contribution in [0.15, 0.2) is 60.8 Å². The fourth-order valence-corrected chi connectivity index (χ4v) is 4.99. The van der Waals surface area contributed by atoms with Gasteiger partial charge in [-0.25, -0.2) is 19.2 Å². The molecule has 3 N–H and O–H groups in total. The number of aryl methyl sites for hydroxylation is 2. The Morgan fingerprint density at radius 1 is 1.12 bits per heavy atom. The summed E-state index contributed by atoms with van der Waals surface area (Å²) in [6.45, 7) is 2.29. The number of unbranched alkanes of at least 4 members (excludes halogenated alkanes) is 1. The summed E-state index contributed by atoms with van der Waals surface area (Å²) in [7, 11) is 1.48. The lowest BCUT2D eigenvalue weighted by molar-refractivity contribution is -0.138. The van der Waals surface area contributed by atoms with E-state index in [1.54, 1.807) is 12.3 Å². The highest BCUT2D eigenvalue weighted by Crippen LogP contribution is 2.21. The Kier molecular flexibility index (Phi) is 11.2. The van der Waals surface area contributed by atoms with Crippen LogP contribution in [0.2, 0.25) is 0 Å². The number of hydrogen-bond acceptors (Lipinski definition) is 7. The van der Waals surface area contributed by atoms with Gasteiger partial charge < -0.3 is 25.4 Å². The van der Waals surface area contributed by atoms with Gasteiger partial charge in [-0.2, -0.15) is 0 Å². The largest absolute Gasteiger partial charge is 0.480 e. The first-order chi connectivity index (χ1) is 19.5. The highest BCUT2D eigenvalue weighted by Gasteiger charge is 2.21. The van der Waals surface area contributed by atoms with Gasteiger partial charge in [0.05, 0.1) is 6.61 Å². The van der Waals surface area contributed by atoms with E-state index in [9.17, 15) is 14.3 Å². The monoisotopic (exact) mass is 549 g/mol. The van der Waals surface area contributed by atoms with Gasteiger partial charge in [-0.15, -0.1) is 0 Å². The van der Waals surface area contributed by atoms with Crippen LogP contribution in [0.5, 0.6) is 0 Å². The number of halogens is 1. The normalized spacial score (nSPS) is 14.3. The zero-order valence-electron chi connectivity index (χ0n) is 23.2. The summed E-state index contributed by atoms with van der Waals surface area (Å²) in [4.78, 5) is 23.2. The van der Waals surface area contributed by atoms with Crippen LogP contribution in [0.1, 0.15) is 36.9 Å². The van der Waals surface area contributed by atoms with Crippen molar-refractivity contribution in [3.05, 3.63) is 72.1 Å². The third-order valence-electron chi connectivity index (χ3n) is 7.14. The van der Waals surface area contributed by atoms with E-state index in [4.69, 9.17) is 9.72 Å². The number of nitrogens with zero attached hydrogens (tertiary/aromatic N) is 3. The van der Waals surface area contributed by atoms with E-state index in [0.29, 0.717) is 25.3 Å². The standard InChI is InChI=1S/C31H40FN5O3/c1-40-22-26(32)21-37(18-6-5-11-27-14-12-24-10-7-17-33-30(24)35-27)19-16-28(31(38)39)36-29-15-13-25(20-34-29)23-8-3-2-4-9-23/h2-4,8-9,12-15,20,26,28H,5-7,10-11,16-19,21-22H2,1H3,(H,33,35)(H,34,36)(H,38,39). The third kappa shape index (κ3) is 8.99. The number of aliphatic carboxylic acids is 1. The summed E-state index contributed by atoms with van der Waals surface area (Å²) in [5.74, 6) is 0.532. The van der Waals surface area contributed by atoms with Crippen molar-refractivity contribution in [2.45, 2.75) is 50.7 Å². The average Bonchev–Trinajstić information content (AvgIpc) is 2.98. The van der Waals surface area contributed by atoms with Crippen LogP contribution in [0.3, 0.4) is 0 Å². The Morgan fingerprint density at radius 3 is 2.73 bits per heavy atom. The third-order valence-corrected chi connectivity index (χ3v) is 7.14. The lowest BCUT2D eigenvalue weighted by Crippen LogP contribution is -2.38. The minimum absolute atomic E-state index is 0.0147. The van der Waals surface area contributed by atoms with Crippen molar-refractivity contribution >= 4 is 17.6 Å². The number of carboxylic acid groups (broad SMARTS) is 1. The lowest BCUT2D eigenvalue weighted by atomic mass is 10.1. The molecule has 0 spiro atoms. The number of nitrogens with one attached hydrogen (secondary N) is 2. The minimum atomic E-state index is -1.14. The molecule has 0 saturated carbocycles. The number of methoxy groups -OCH3 is 1. The van der Waals surface area contributed by atoms with Gasteiger partial charge in [-0.3, -0.25) is 0 Å². The molecule has 0 bridgehead atoms. The number of fused-ring (bicyclic) bond motifs is 1. The second kappa shape index (κ2) is 15.3. The molecule has 1 aromatic carbocycles. The molecule has 40 heavy (non-hydrogen) atoms. The smallest absolute Gasteiger partial charge is 0.326 e. The molecule has 0 amide bonds. The van der Waals surface area contributed by atoms with Gasteiger partial charge in [0.15, 0.2) is 0 Å². The number of carbonyl (C=O) groups is 1. The summed E-state index contributed by atoms with van der Waals surface area (Å²) in [5.41, 5.74) is 4.33. The summed E-state index contributed by atoms with van der Waals surface area (Å²) in [5, 5.41) is 16.3. The number of carboxylic acids is 1. The van der Waals surface area contributed by atoms with Crippen LogP contribution in [-0.4, -0.2) is 78.1 Å². The van der Waals surface area contributed by atoms with E-state index >= 15 is 0 Å². The maximum absolute atomic E-state index is 14.5. The molecule has 2 aromatic heterocycles. The number of aromatic nitrogens is 2. The van der Waals surface area contributed by atoms with Crippen molar-refractivity contribution in [3.8, 4) is 11.1 Å². The van der Waals surface area contributed by atoms with Crippen molar-refractivity contribution in [1.29, 1.82) is 0 Å². The van der Waals surface area contributed by atoms with E-state index in [1.165, 1.54) is 12.7 Å². The Hall–Kier alpha value is -3.56. The SMILES string of the molecule is COCC(F)CN(CCCCc1ccc2c(n1)NCCC2)CCC(Nc1ccc(-c2ccccc2)cn1)C(=O)O. The topological polar surface area (TPSA) is 99.6 Å². The fraction of sp³-hybridized carbons (Fsp3) is 0.452. The quantitative estimate of drug-likeness (QED) is 0.213. The van der Waals surface area contributed by atoms with Crippen LogP contribution in [0.4, 0.5) is 16.0 Å². The molecule has 3 aromatic rings. The lowest BCUT2D eigenvalue weighted by Gasteiger charge is -2.26. The van der Waals surface area contributed by atoms with E-state index in [0.717, 1.165) is 61.3 Å². The van der Waals surface area contributed by atoms with Gasteiger partial charge in [0, 0.05) is 44.2 Å². The van der Waals surface area contributed by atoms with Crippen molar-refractivity contribution in [1.82, 2.24) is 14.9 Å². The summed E-state index contributed by atoms with van der Waals surface area (Å²) in [6, 6.07) is 17.0. The van der Waals surface area contributed by atoms with Crippen molar-refractivity contribution < 1.29 is 19.0 Å². The number of pyridine rings is 2. The van der Waals surface area contributed by atoms with Gasteiger partial charge in [-0.1, -0.05) is 36.4 Å². The predicted molar refractivity (Wildman–Crippen MR) is 157 cm³/mol. The molecule has 8 nitrogen and oxygen atoms in total. The Morgan fingerprint density at radius 2 is 1.98 bits per heavy atom. The number of benzene rings is 1. The predicted octanol–water partition coefficient (Wildman–Crippen LogP) is 5.07. The van der Waals surface area contributed by atoms with Gasteiger partial charge in [0.25, 0.3) is 0 Å². The second-order valence-electron chi connectivity index (χ2n) is 10.3.